The first-order valence-electron chi connectivity index (χ1n) is 7.98. The third-order valence-electron chi connectivity index (χ3n) is 4.59. The fraction of sp³-hybridized carbons (Fsp3) is 0.316. The van der Waals surface area contributed by atoms with E-state index in [0.29, 0.717) is 13.3 Å². The smallest absolute Gasteiger partial charge is 0.142 e. The van der Waals surface area contributed by atoms with E-state index < -0.39 is 0 Å². The van der Waals surface area contributed by atoms with E-state index in [4.69, 9.17) is 4.84 Å². The Kier molecular flexibility index (Phi) is 3.45. The molecular formula is C19H19N3O. The Hall–Kier alpha value is -2.49. The van der Waals surface area contributed by atoms with Gasteiger partial charge in [-0.1, -0.05) is 17.3 Å². The monoisotopic (exact) mass is 305 g/mol. The van der Waals surface area contributed by atoms with E-state index >= 15 is 0 Å². The van der Waals surface area contributed by atoms with Gasteiger partial charge in [0.15, 0.2) is 0 Å². The molecule has 2 aromatic carbocycles. The van der Waals surface area contributed by atoms with E-state index in [2.05, 4.69) is 41.1 Å². The van der Waals surface area contributed by atoms with Gasteiger partial charge in [-0.25, -0.2) is 0 Å². The molecule has 0 spiro atoms. The van der Waals surface area contributed by atoms with Gasteiger partial charge < -0.3 is 4.84 Å². The molecule has 0 radical (unpaired) electrons. The van der Waals surface area contributed by atoms with Crippen molar-refractivity contribution in [2.75, 3.05) is 6.67 Å². The van der Waals surface area contributed by atoms with E-state index in [1.54, 1.807) is 0 Å². The number of rotatable bonds is 3. The summed E-state index contributed by atoms with van der Waals surface area (Å²) in [7, 11) is 0. The lowest BCUT2D eigenvalue weighted by molar-refractivity contribution is 0.130. The zero-order chi connectivity index (χ0) is 15.8. The maximum atomic E-state index is 5.61. The molecule has 4 nitrogen and oxygen atoms in total. The zero-order valence-electron chi connectivity index (χ0n) is 13.5. The first-order chi connectivity index (χ1) is 11.2. The average Bonchev–Trinajstić information content (AvgIpc) is 3.15. The fourth-order valence-electron chi connectivity index (χ4n) is 3.13. The molecule has 0 saturated heterocycles. The predicted octanol–water partition coefficient (Wildman–Crippen LogP) is 2.38. The van der Waals surface area contributed by atoms with Gasteiger partial charge >= 0.3 is 0 Å². The molecule has 0 bridgehead atoms. The van der Waals surface area contributed by atoms with Crippen LogP contribution in [0.1, 0.15) is 34.2 Å². The van der Waals surface area contributed by atoms with Crippen molar-refractivity contribution in [2.45, 2.75) is 33.3 Å². The Morgan fingerprint density at radius 2 is 1.83 bits per heavy atom. The minimum absolute atomic E-state index is 0.465. The summed E-state index contributed by atoms with van der Waals surface area (Å²) in [4.78, 5) is 14.2. The number of oxime groups is 1. The minimum atomic E-state index is 0.465. The van der Waals surface area contributed by atoms with Gasteiger partial charge in [0.05, 0.1) is 16.4 Å². The Bertz CT molecular complexity index is 928. The molecular weight excluding hydrogens is 286 g/mol. The second-order valence-electron chi connectivity index (χ2n) is 6.19. The lowest BCUT2D eigenvalue weighted by Crippen LogP contribution is -2.21. The van der Waals surface area contributed by atoms with Crippen molar-refractivity contribution in [3.05, 3.63) is 68.9 Å². The van der Waals surface area contributed by atoms with Crippen LogP contribution in [0.25, 0.3) is 0 Å². The van der Waals surface area contributed by atoms with Crippen LogP contribution in [0.15, 0.2) is 45.5 Å². The highest BCUT2D eigenvalue weighted by Gasteiger charge is 2.19. The highest BCUT2D eigenvalue weighted by atomic mass is 16.6. The van der Waals surface area contributed by atoms with Gasteiger partial charge in [-0.15, -0.1) is 0 Å². The normalized spacial score (nSPS) is 16.7. The van der Waals surface area contributed by atoms with Gasteiger partial charge in [0.25, 0.3) is 0 Å². The van der Waals surface area contributed by atoms with Crippen LogP contribution in [0.3, 0.4) is 0 Å². The summed E-state index contributed by atoms with van der Waals surface area (Å²) in [5, 5.41) is 6.31. The standard InChI is InChI=1S/C19H19N3O/c1-12-7-15-4-6-17(16(15)8-13(12)2)22-23-10-14-3-5-18-19(9-14)21-11-20-18/h3,5,7-9H,4,6,10-11H2,1-2H3/b22-17+. The van der Waals surface area contributed by atoms with Crippen molar-refractivity contribution in [2.24, 2.45) is 15.1 Å². The Labute approximate surface area is 135 Å². The second kappa shape index (κ2) is 5.61. The van der Waals surface area contributed by atoms with Crippen LogP contribution in [0.5, 0.6) is 0 Å². The minimum Gasteiger partial charge on any atom is -0.391 e. The third kappa shape index (κ3) is 2.65. The fourth-order valence-corrected chi connectivity index (χ4v) is 3.13. The van der Waals surface area contributed by atoms with Crippen LogP contribution in [-0.4, -0.2) is 12.4 Å². The lowest BCUT2D eigenvalue weighted by Gasteiger charge is -2.06. The summed E-state index contributed by atoms with van der Waals surface area (Å²) in [6, 6.07) is 10.6. The summed E-state index contributed by atoms with van der Waals surface area (Å²) < 4.78 is 0. The number of benzene rings is 2. The number of fused-ring (bicyclic) bond motifs is 2. The van der Waals surface area contributed by atoms with E-state index in [1.165, 1.54) is 22.3 Å². The van der Waals surface area contributed by atoms with Crippen molar-refractivity contribution in [1.82, 2.24) is 0 Å². The first kappa shape index (κ1) is 14.1. The Morgan fingerprint density at radius 1 is 1.00 bits per heavy atom. The van der Waals surface area contributed by atoms with Crippen LogP contribution in [-0.2, 0) is 17.9 Å². The van der Waals surface area contributed by atoms with Gasteiger partial charge in [0, 0.05) is 5.56 Å². The molecule has 0 fully saturated rings. The molecule has 0 N–H and O–H groups in total. The van der Waals surface area contributed by atoms with E-state index in [-0.39, 0.29) is 0 Å². The highest BCUT2D eigenvalue weighted by molar-refractivity contribution is 6.04. The first-order valence-corrected chi connectivity index (χ1v) is 7.98. The van der Waals surface area contributed by atoms with Crippen molar-refractivity contribution in [1.29, 1.82) is 0 Å². The molecule has 1 heterocycles. The molecule has 0 atom stereocenters. The largest absolute Gasteiger partial charge is 0.391 e. The SMILES string of the molecule is Cc1cc2c(cc1C)/C(=N/OCc1ccc3c(c1)=NCN=3)CC2. The number of nitrogens with zero attached hydrogens (tertiary/aromatic N) is 3. The summed E-state index contributed by atoms with van der Waals surface area (Å²) in [6.07, 6.45) is 2.01. The van der Waals surface area contributed by atoms with Gasteiger partial charge in [-0.2, -0.15) is 0 Å². The van der Waals surface area contributed by atoms with Gasteiger partial charge in [0.2, 0.25) is 0 Å². The highest BCUT2D eigenvalue weighted by Crippen LogP contribution is 2.26. The topological polar surface area (TPSA) is 46.3 Å². The Balaban J connectivity index is 1.51. The molecule has 116 valence electrons. The average molecular weight is 305 g/mol. The molecule has 4 heteroatoms. The van der Waals surface area contributed by atoms with Crippen LogP contribution in [0, 0.1) is 13.8 Å². The summed E-state index contributed by atoms with van der Waals surface area (Å²) in [5.41, 5.74) is 7.42. The molecule has 4 rings (SSSR count). The van der Waals surface area contributed by atoms with Crippen LogP contribution < -0.4 is 10.7 Å². The molecule has 23 heavy (non-hydrogen) atoms. The predicted molar refractivity (Wildman–Crippen MR) is 89.2 cm³/mol. The van der Waals surface area contributed by atoms with Crippen molar-refractivity contribution in [3.8, 4) is 0 Å². The van der Waals surface area contributed by atoms with E-state index in [1.807, 2.05) is 18.2 Å². The second-order valence-corrected chi connectivity index (χ2v) is 6.19. The quantitative estimate of drug-likeness (QED) is 0.803. The maximum absolute atomic E-state index is 5.61. The van der Waals surface area contributed by atoms with E-state index in [9.17, 15) is 0 Å². The van der Waals surface area contributed by atoms with Crippen molar-refractivity contribution in [3.63, 3.8) is 0 Å². The van der Waals surface area contributed by atoms with Crippen molar-refractivity contribution < 1.29 is 4.84 Å². The van der Waals surface area contributed by atoms with E-state index in [0.717, 1.165) is 34.8 Å². The summed E-state index contributed by atoms with van der Waals surface area (Å²) >= 11 is 0. The lowest BCUT2D eigenvalue weighted by atomic mass is 10.0. The molecule has 0 amide bonds. The zero-order valence-corrected chi connectivity index (χ0v) is 13.5. The molecule has 2 aliphatic rings. The molecule has 2 aromatic rings. The molecule has 1 aliphatic heterocycles. The molecule has 0 aromatic heterocycles. The Morgan fingerprint density at radius 3 is 2.74 bits per heavy atom. The summed E-state index contributed by atoms with van der Waals surface area (Å²) in [6.45, 7) is 5.31. The number of hydrogen-bond acceptors (Lipinski definition) is 4. The van der Waals surface area contributed by atoms with Crippen LogP contribution in [0.2, 0.25) is 0 Å². The third-order valence-corrected chi connectivity index (χ3v) is 4.59. The van der Waals surface area contributed by atoms with Gasteiger partial charge in [-0.3, -0.25) is 9.98 Å². The molecule has 1 aliphatic carbocycles. The van der Waals surface area contributed by atoms with Gasteiger partial charge in [-0.05, 0) is 67.1 Å². The maximum Gasteiger partial charge on any atom is 0.142 e. The van der Waals surface area contributed by atoms with Crippen LogP contribution >= 0.6 is 0 Å². The van der Waals surface area contributed by atoms with Gasteiger partial charge in [0.1, 0.15) is 13.3 Å². The number of hydrogen-bond donors (Lipinski definition) is 0. The number of aryl methyl sites for hydroxylation is 3. The summed E-state index contributed by atoms with van der Waals surface area (Å²) in [5.74, 6) is 0. The van der Waals surface area contributed by atoms with Crippen LogP contribution in [0.4, 0.5) is 0 Å². The molecule has 0 saturated carbocycles. The van der Waals surface area contributed by atoms with Crippen molar-refractivity contribution >= 4 is 5.71 Å². The molecule has 0 unspecified atom stereocenters.